The normalized spacial score (nSPS) is 39.6. The molecule has 0 saturated heterocycles. The smallest absolute Gasteiger partial charge is 0.187 e. The van der Waals surface area contributed by atoms with Gasteiger partial charge in [-0.25, -0.2) is 4.85 Å². The summed E-state index contributed by atoms with van der Waals surface area (Å²) in [6.45, 7) is 11.8. The lowest BCUT2D eigenvalue weighted by Crippen LogP contribution is -2.46. The van der Waals surface area contributed by atoms with Crippen molar-refractivity contribution < 1.29 is 4.79 Å². The highest BCUT2D eigenvalue weighted by Crippen LogP contribution is 2.61. The minimum Gasteiger partial charge on any atom is -0.299 e. The van der Waals surface area contributed by atoms with Crippen LogP contribution in [0.4, 0.5) is 5.69 Å². The van der Waals surface area contributed by atoms with Gasteiger partial charge in [0.2, 0.25) is 0 Å². The lowest BCUT2D eigenvalue weighted by Gasteiger charge is -2.51. The van der Waals surface area contributed by atoms with E-state index in [-0.39, 0.29) is 5.41 Å². The van der Waals surface area contributed by atoms with Crippen LogP contribution in [0.2, 0.25) is 0 Å². The van der Waals surface area contributed by atoms with E-state index in [1.807, 2.05) is 6.07 Å². The third-order valence-corrected chi connectivity index (χ3v) is 6.84. The van der Waals surface area contributed by atoms with Crippen LogP contribution in [0.3, 0.4) is 0 Å². The summed E-state index contributed by atoms with van der Waals surface area (Å²) in [4.78, 5) is 16.0. The number of hydrogen-bond donors (Lipinski definition) is 0. The van der Waals surface area contributed by atoms with Crippen LogP contribution in [0.25, 0.3) is 4.85 Å². The molecule has 0 aromatic heterocycles. The van der Waals surface area contributed by atoms with Gasteiger partial charge in [-0.2, -0.15) is 0 Å². The van der Waals surface area contributed by atoms with Crippen molar-refractivity contribution in [3.8, 4) is 0 Å². The SMILES string of the molecule is [C-]#[N+]c1ccc2c(c1)CCC1C2[C@@H](C)C[C@]2(C)C(=O)CCC12. The fourth-order valence-electron chi connectivity index (χ4n) is 5.96. The monoisotopic (exact) mass is 293 g/mol. The van der Waals surface area contributed by atoms with Gasteiger partial charge in [-0.05, 0) is 54.9 Å². The molecule has 2 fully saturated rings. The van der Waals surface area contributed by atoms with Crippen LogP contribution in [-0.2, 0) is 11.2 Å². The fraction of sp³-hybridized carbons (Fsp3) is 0.600. The standard InChI is InChI=1S/C20H23NO/c1-12-11-20(2)17(8-9-18(20)22)16-6-4-13-10-14(21-3)5-7-15(13)19(12)16/h5,7,10,12,16-17,19H,4,6,8-9,11H2,1-2H3/t12-,16?,17?,19?,20-/m0/s1. The number of Topliss-reactive ketones (excluding diaryl/α,β-unsaturated/α-hetero) is 1. The minimum atomic E-state index is -0.0610. The highest BCUT2D eigenvalue weighted by Gasteiger charge is 2.56. The number of fused-ring (bicyclic) bond motifs is 5. The van der Waals surface area contributed by atoms with E-state index in [1.165, 1.54) is 17.5 Å². The molecule has 114 valence electrons. The van der Waals surface area contributed by atoms with Gasteiger partial charge in [0.05, 0.1) is 6.57 Å². The molecule has 3 aliphatic rings. The summed E-state index contributed by atoms with van der Waals surface area (Å²) >= 11 is 0. The maximum absolute atomic E-state index is 12.4. The van der Waals surface area contributed by atoms with E-state index in [0.717, 1.165) is 31.4 Å². The van der Waals surface area contributed by atoms with Gasteiger partial charge in [-0.15, -0.1) is 0 Å². The molecule has 0 N–H and O–H groups in total. The fourth-order valence-corrected chi connectivity index (χ4v) is 5.96. The van der Waals surface area contributed by atoms with Crippen molar-refractivity contribution in [3.05, 3.63) is 40.7 Å². The molecule has 0 radical (unpaired) electrons. The van der Waals surface area contributed by atoms with Gasteiger partial charge >= 0.3 is 0 Å². The molecule has 22 heavy (non-hydrogen) atoms. The summed E-state index contributed by atoms with van der Waals surface area (Å²) in [7, 11) is 0. The van der Waals surface area contributed by atoms with Crippen LogP contribution >= 0.6 is 0 Å². The number of benzene rings is 1. The molecule has 0 heterocycles. The van der Waals surface area contributed by atoms with Gasteiger partial charge < -0.3 is 0 Å². The zero-order chi connectivity index (χ0) is 15.5. The number of hydrogen-bond acceptors (Lipinski definition) is 1. The molecule has 2 nitrogen and oxygen atoms in total. The first kappa shape index (κ1) is 14.0. The van der Waals surface area contributed by atoms with E-state index in [4.69, 9.17) is 6.57 Å². The van der Waals surface area contributed by atoms with Crippen molar-refractivity contribution in [1.82, 2.24) is 0 Å². The van der Waals surface area contributed by atoms with Crippen LogP contribution in [0, 0.1) is 29.7 Å². The van der Waals surface area contributed by atoms with E-state index < -0.39 is 0 Å². The zero-order valence-electron chi connectivity index (χ0n) is 13.4. The Kier molecular flexibility index (Phi) is 2.98. The number of carbonyl (C=O) groups excluding carboxylic acids is 1. The minimum absolute atomic E-state index is 0.0610. The Bertz CT molecular complexity index is 685. The van der Waals surface area contributed by atoms with Crippen molar-refractivity contribution >= 4 is 11.5 Å². The molecule has 1 aromatic carbocycles. The zero-order valence-corrected chi connectivity index (χ0v) is 13.4. The first-order chi connectivity index (χ1) is 10.5. The van der Waals surface area contributed by atoms with Crippen LogP contribution in [-0.4, -0.2) is 5.78 Å². The van der Waals surface area contributed by atoms with Crippen molar-refractivity contribution in [2.24, 2.45) is 23.2 Å². The molecule has 0 aliphatic heterocycles. The van der Waals surface area contributed by atoms with Gasteiger partial charge in [0, 0.05) is 11.8 Å². The topological polar surface area (TPSA) is 21.4 Å². The lowest BCUT2D eigenvalue weighted by molar-refractivity contribution is -0.130. The van der Waals surface area contributed by atoms with Gasteiger partial charge in [-0.3, -0.25) is 4.79 Å². The van der Waals surface area contributed by atoms with Gasteiger partial charge in [0.15, 0.2) is 5.69 Å². The van der Waals surface area contributed by atoms with E-state index in [2.05, 4.69) is 30.8 Å². The summed E-state index contributed by atoms with van der Waals surface area (Å²) in [5.41, 5.74) is 3.56. The maximum Gasteiger partial charge on any atom is 0.187 e. The second kappa shape index (κ2) is 4.69. The maximum atomic E-state index is 12.4. The molecular formula is C20H23NO. The summed E-state index contributed by atoms with van der Waals surface area (Å²) in [6.07, 6.45) is 5.20. The Morgan fingerprint density at radius 3 is 2.86 bits per heavy atom. The first-order valence-electron chi connectivity index (χ1n) is 8.58. The van der Waals surface area contributed by atoms with E-state index in [0.29, 0.717) is 29.5 Å². The Morgan fingerprint density at radius 1 is 1.27 bits per heavy atom. The molecule has 2 saturated carbocycles. The van der Waals surface area contributed by atoms with Gasteiger partial charge in [0.25, 0.3) is 0 Å². The van der Waals surface area contributed by atoms with Crippen molar-refractivity contribution in [2.75, 3.05) is 0 Å². The second-order valence-electron chi connectivity index (χ2n) is 7.89. The molecule has 3 unspecified atom stereocenters. The van der Waals surface area contributed by atoms with Crippen molar-refractivity contribution in [3.63, 3.8) is 0 Å². The summed E-state index contributed by atoms with van der Waals surface area (Å²) in [5.74, 6) is 2.90. The number of rotatable bonds is 0. The predicted octanol–water partition coefficient (Wildman–Crippen LogP) is 4.91. The second-order valence-corrected chi connectivity index (χ2v) is 7.89. The molecule has 4 rings (SSSR count). The van der Waals surface area contributed by atoms with E-state index in [9.17, 15) is 4.79 Å². The van der Waals surface area contributed by atoms with Gasteiger partial charge in [-0.1, -0.05) is 37.6 Å². The predicted molar refractivity (Wildman–Crippen MR) is 86.9 cm³/mol. The molecule has 3 aliphatic carbocycles. The molecule has 2 heteroatoms. The van der Waals surface area contributed by atoms with Crippen LogP contribution < -0.4 is 0 Å². The number of nitrogens with zero attached hydrogens (tertiary/aromatic N) is 1. The Hall–Kier alpha value is -1.62. The quantitative estimate of drug-likeness (QED) is 0.623. The largest absolute Gasteiger partial charge is 0.299 e. The van der Waals surface area contributed by atoms with Crippen molar-refractivity contribution in [2.45, 2.75) is 51.9 Å². The van der Waals surface area contributed by atoms with Gasteiger partial charge in [0.1, 0.15) is 5.78 Å². The Morgan fingerprint density at radius 2 is 2.09 bits per heavy atom. The average Bonchev–Trinajstić information content (AvgIpc) is 2.81. The lowest BCUT2D eigenvalue weighted by atomic mass is 9.52. The highest BCUT2D eigenvalue weighted by molar-refractivity contribution is 5.87. The number of carbonyl (C=O) groups is 1. The molecular weight excluding hydrogens is 270 g/mol. The van der Waals surface area contributed by atoms with Crippen LogP contribution in [0.15, 0.2) is 18.2 Å². The summed E-state index contributed by atoms with van der Waals surface area (Å²) < 4.78 is 0. The average molecular weight is 293 g/mol. The molecule has 5 atom stereocenters. The Balaban J connectivity index is 1.77. The third kappa shape index (κ3) is 1.75. The molecule has 0 amide bonds. The van der Waals surface area contributed by atoms with Crippen LogP contribution in [0.5, 0.6) is 0 Å². The first-order valence-corrected chi connectivity index (χ1v) is 8.58. The number of aryl methyl sites for hydroxylation is 1. The summed E-state index contributed by atoms with van der Waals surface area (Å²) in [6, 6.07) is 6.28. The third-order valence-electron chi connectivity index (χ3n) is 6.84. The van der Waals surface area contributed by atoms with Crippen molar-refractivity contribution in [1.29, 1.82) is 0 Å². The number of ketones is 1. The molecule has 0 spiro atoms. The van der Waals surface area contributed by atoms with Crippen LogP contribution in [0.1, 0.15) is 56.6 Å². The highest BCUT2D eigenvalue weighted by atomic mass is 16.1. The van der Waals surface area contributed by atoms with E-state index >= 15 is 0 Å². The summed E-state index contributed by atoms with van der Waals surface area (Å²) in [5, 5.41) is 0. The Labute approximate surface area is 132 Å². The van der Waals surface area contributed by atoms with E-state index in [1.54, 1.807) is 0 Å². The molecule has 0 bridgehead atoms. The molecule has 1 aromatic rings.